The summed E-state index contributed by atoms with van der Waals surface area (Å²) >= 11 is 0. The molecule has 0 bridgehead atoms. The monoisotopic (exact) mass is 341 g/mol. The lowest BCUT2D eigenvalue weighted by molar-refractivity contribution is -0.114. The smallest absolute Gasteiger partial charge is 0.244 e. The number of ether oxygens (including phenoxy) is 2. The molecule has 25 heavy (non-hydrogen) atoms. The van der Waals surface area contributed by atoms with Crippen LogP contribution in [0.5, 0.6) is 11.5 Å². The maximum Gasteiger partial charge on any atom is 0.244 e. The molecule has 4 heteroatoms. The Hall–Kier alpha value is -1.97. The third-order valence-corrected chi connectivity index (χ3v) is 6.22. The molecule has 3 aliphatic carbocycles. The lowest BCUT2D eigenvalue weighted by Gasteiger charge is -2.19. The van der Waals surface area contributed by atoms with Gasteiger partial charge in [0.25, 0.3) is 0 Å². The quantitative estimate of drug-likeness (QED) is 0.882. The van der Waals surface area contributed by atoms with Gasteiger partial charge in [0.15, 0.2) is 11.5 Å². The first kappa shape index (κ1) is 16.5. The van der Waals surface area contributed by atoms with Crippen LogP contribution in [0.3, 0.4) is 0 Å². The predicted octanol–water partition coefficient (Wildman–Crippen LogP) is 3.94. The highest BCUT2D eigenvalue weighted by molar-refractivity contribution is 5.92. The second-order valence-electron chi connectivity index (χ2n) is 7.79. The Bertz CT molecular complexity index is 690. The number of amides is 1. The van der Waals surface area contributed by atoms with Gasteiger partial charge in [-0.25, -0.2) is 0 Å². The van der Waals surface area contributed by atoms with Crippen molar-refractivity contribution in [3.8, 4) is 11.5 Å². The maximum absolute atomic E-state index is 11.4. The summed E-state index contributed by atoms with van der Waals surface area (Å²) in [5, 5.41) is 0. The van der Waals surface area contributed by atoms with E-state index in [0.29, 0.717) is 23.9 Å². The molecule has 3 aliphatic rings. The second kappa shape index (κ2) is 6.74. The van der Waals surface area contributed by atoms with Crippen LogP contribution in [0.25, 0.3) is 0 Å². The summed E-state index contributed by atoms with van der Waals surface area (Å²) in [6.45, 7) is 0. The van der Waals surface area contributed by atoms with E-state index < -0.39 is 0 Å². The molecule has 0 saturated heterocycles. The maximum atomic E-state index is 11.4. The van der Waals surface area contributed by atoms with E-state index in [0.717, 1.165) is 49.2 Å². The number of allylic oxidation sites excluding steroid dienone is 1. The van der Waals surface area contributed by atoms with Gasteiger partial charge in [0.2, 0.25) is 5.91 Å². The molecule has 4 nitrogen and oxygen atoms in total. The molecule has 0 spiro atoms. The number of primary amides is 1. The first-order chi connectivity index (χ1) is 12.1. The number of methoxy groups -OCH3 is 1. The fourth-order valence-electron chi connectivity index (χ4n) is 4.89. The number of benzene rings is 1. The third kappa shape index (κ3) is 3.26. The van der Waals surface area contributed by atoms with Crippen molar-refractivity contribution in [1.82, 2.24) is 0 Å². The number of nitrogens with two attached hydrogens (primary N) is 1. The van der Waals surface area contributed by atoms with Crippen LogP contribution in [0, 0.1) is 11.8 Å². The van der Waals surface area contributed by atoms with E-state index in [4.69, 9.17) is 15.2 Å². The summed E-state index contributed by atoms with van der Waals surface area (Å²) in [7, 11) is 1.70. The Balaban J connectivity index is 1.50. The largest absolute Gasteiger partial charge is 0.493 e. The Morgan fingerprint density at radius 2 is 1.96 bits per heavy atom. The highest BCUT2D eigenvalue weighted by atomic mass is 16.5. The van der Waals surface area contributed by atoms with Gasteiger partial charge in [-0.3, -0.25) is 4.79 Å². The molecule has 0 aliphatic heterocycles. The predicted molar refractivity (Wildman–Crippen MR) is 96.7 cm³/mol. The average molecular weight is 341 g/mol. The van der Waals surface area contributed by atoms with E-state index >= 15 is 0 Å². The Labute approximate surface area is 149 Å². The SMILES string of the molecule is COc1ccc([C@@H]2C[C@H]3CC(C(N)=O)=C[C@H]3C2)cc1OC1CCCC1. The molecule has 1 aromatic carbocycles. The number of rotatable bonds is 5. The zero-order valence-electron chi connectivity index (χ0n) is 14.9. The Kier molecular flexibility index (Phi) is 4.45. The van der Waals surface area contributed by atoms with Gasteiger partial charge in [-0.15, -0.1) is 0 Å². The summed E-state index contributed by atoms with van der Waals surface area (Å²) in [5.41, 5.74) is 7.60. The van der Waals surface area contributed by atoms with Crippen LogP contribution >= 0.6 is 0 Å². The fourth-order valence-corrected chi connectivity index (χ4v) is 4.89. The molecule has 0 heterocycles. The van der Waals surface area contributed by atoms with E-state index in [-0.39, 0.29) is 5.91 Å². The van der Waals surface area contributed by atoms with Crippen molar-refractivity contribution >= 4 is 5.91 Å². The Morgan fingerprint density at radius 3 is 2.64 bits per heavy atom. The summed E-state index contributed by atoms with van der Waals surface area (Å²) in [4.78, 5) is 11.4. The van der Waals surface area contributed by atoms with Crippen molar-refractivity contribution in [3.05, 3.63) is 35.4 Å². The van der Waals surface area contributed by atoms with Crippen molar-refractivity contribution in [3.63, 3.8) is 0 Å². The molecular formula is C21H27NO3. The van der Waals surface area contributed by atoms with E-state index in [2.05, 4.69) is 18.2 Å². The first-order valence-electron chi connectivity index (χ1n) is 9.49. The van der Waals surface area contributed by atoms with Crippen molar-refractivity contribution < 1.29 is 14.3 Å². The van der Waals surface area contributed by atoms with Gasteiger partial charge in [-0.1, -0.05) is 12.1 Å². The average Bonchev–Trinajstić information content (AvgIpc) is 3.30. The molecule has 1 aromatic rings. The Morgan fingerprint density at radius 1 is 1.16 bits per heavy atom. The topological polar surface area (TPSA) is 61.5 Å². The van der Waals surface area contributed by atoms with Crippen LogP contribution in [0.1, 0.15) is 56.4 Å². The van der Waals surface area contributed by atoms with E-state index in [9.17, 15) is 4.79 Å². The zero-order chi connectivity index (χ0) is 17.4. The van der Waals surface area contributed by atoms with Crippen LogP contribution in [-0.2, 0) is 4.79 Å². The van der Waals surface area contributed by atoms with Gasteiger partial charge in [-0.2, -0.15) is 0 Å². The summed E-state index contributed by atoms with van der Waals surface area (Å²) < 4.78 is 11.7. The molecule has 134 valence electrons. The minimum absolute atomic E-state index is 0.248. The summed E-state index contributed by atoms with van der Waals surface area (Å²) in [6.07, 6.45) is 10.3. The molecule has 1 amide bonds. The molecule has 2 N–H and O–H groups in total. The minimum atomic E-state index is -0.248. The fraction of sp³-hybridized carbons (Fsp3) is 0.571. The van der Waals surface area contributed by atoms with Crippen LogP contribution in [0.4, 0.5) is 0 Å². The molecule has 2 saturated carbocycles. The van der Waals surface area contributed by atoms with E-state index in [1.54, 1.807) is 7.11 Å². The minimum Gasteiger partial charge on any atom is -0.493 e. The van der Waals surface area contributed by atoms with Crippen molar-refractivity contribution in [2.24, 2.45) is 17.6 Å². The van der Waals surface area contributed by atoms with Crippen LogP contribution in [-0.4, -0.2) is 19.1 Å². The van der Waals surface area contributed by atoms with E-state index in [1.807, 2.05) is 6.07 Å². The zero-order valence-corrected chi connectivity index (χ0v) is 14.9. The molecule has 0 unspecified atom stereocenters. The van der Waals surface area contributed by atoms with Gasteiger partial charge in [0.05, 0.1) is 13.2 Å². The number of fused-ring (bicyclic) bond motifs is 1. The standard InChI is InChI=1S/C21H27NO3/c1-24-19-7-6-13(12-20(19)25-18-4-2-3-5-18)14-8-15-10-17(21(22)23)11-16(15)9-14/h6-7,10,12,14-16,18H,2-5,8-9,11H2,1H3,(H2,22,23)/t14-,15+,16-/m0/s1. The molecular weight excluding hydrogens is 314 g/mol. The van der Waals surface area contributed by atoms with E-state index in [1.165, 1.54) is 18.4 Å². The molecule has 0 aromatic heterocycles. The lowest BCUT2D eigenvalue weighted by Crippen LogP contribution is -2.13. The van der Waals surface area contributed by atoms with Crippen molar-refractivity contribution in [2.75, 3.05) is 7.11 Å². The van der Waals surface area contributed by atoms with Crippen LogP contribution < -0.4 is 15.2 Å². The number of carbonyl (C=O) groups is 1. The van der Waals surface area contributed by atoms with Crippen molar-refractivity contribution in [1.29, 1.82) is 0 Å². The normalized spacial score (nSPS) is 28.7. The number of hydrogen-bond acceptors (Lipinski definition) is 3. The lowest BCUT2D eigenvalue weighted by atomic mass is 9.94. The van der Waals surface area contributed by atoms with Crippen LogP contribution in [0.15, 0.2) is 29.8 Å². The van der Waals surface area contributed by atoms with Gasteiger partial charge in [0, 0.05) is 5.57 Å². The third-order valence-electron chi connectivity index (χ3n) is 6.22. The molecule has 2 fully saturated rings. The molecule has 4 rings (SSSR count). The van der Waals surface area contributed by atoms with Gasteiger partial charge in [0.1, 0.15) is 0 Å². The van der Waals surface area contributed by atoms with Crippen molar-refractivity contribution in [2.45, 2.75) is 57.0 Å². The van der Waals surface area contributed by atoms with Crippen LogP contribution in [0.2, 0.25) is 0 Å². The summed E-state index contributed by atoms with van der Waals surface area (Å²) in [5.74, 6) is 3.05. The number of hydrogen-bond donors (Lipinski definition) is 1. The molecule has 3 atom stereocenters. The molecule has 0 radical (unpaired) electrons. The van der Waals surface area contributed by atoms with Gasteiger partial charge >= 0.3 is 0 Å². The number of carbonyl (C=O) groups excluding carboxylic acids is 1. The highest BCUT2D eigenvalue weighted by Crippen LogP contribution is 2.50. The first-order valence-corrected chi connectivity index (χ1v) is 9.49. The van der Waals surface area contributed by atoms with Gasteiger partial charge in [-0.05, 0) is 80.4 Å². The summed E-state index contributed by atoms with van der Waals surface area (Å²) in [6, 6.07) is 6.39. The second-order valence-corrected chi connectivity index (χ2v) is 7.79. The highest BCUT2D eigenvalue weighted by Gasteiger charge is 2.39. The van der Waals surface area contributed by atoms with Gasteiger partial charge < -0.3 is 15.2 Å².